The molecule has 2 rings (SSSR count). The average Bonchev–Trinajstić information content (AvgIpc) is 2.43. The van der Waals surface area contributed by atoms with E-state index in [1.807, 2.05) is 0 Å². The van der Waals surface area contributed by atoms with Crippen molar-refractivity contribution in [2.45, 2.75) is 24.0 Å². The number of hydrogen-bond acceptors (Lipinski definition) is 4. The summed E-state index contributed by atoms with van der Waals surface area (Å²) in [6.07, 6.45) is 1.43. The van der Waals surface area contributed by atoms with Crippen LogP contribution in [0.4, 0.5) is 0 Å². The minimum atomic E-state index is -3.35. The van der Waals surface area contributed by atoms with E-state index in [0.717, 1.165) is 4.35 Å². The fraction of sp³-hybridized carbons (Fsp3) is 0.231. The van der Waals surface area contributed by atoms with Crippen molar-refractivity contribution >= 4 is 57.6 Å². The SMILES string of the molecule is CC(C)S(=O)(=O)c1ccccc1[As]c1nc(Cl)ncc1Cl. The summed E-state index contributed by atoms with van der Waals surface area (Å²) in [7, 11) is -3.35. The van der Waals surface area contributed by atoms with Gasteiger partial charge in [0.25, 0.3) is 0 Å². The van der Waals surface area contributed by atoms with Crippen LogP contribution in [0.25, 0.3) is 0 Å². The van der Waals surface area contributed by atoms with Gasteiger partial charge in [0.1, 0.15) is 0 Å². The van der Waals surface area contributed by atoms with Crippen molar-refractivity contribution < 1.29 is 8.42 Å². The first-order chi connectivity index (χ1) is 9.82. The summed E-state index contributed by atoms with van der Waals surface area (Å²) in [6.45, 7) is 3.33. The van der Waals surface area contributed by atoms with E-state index < -0.39 is 30.8 Å². The van der Waals surface area contributed by atoms with Crippen LogP contribution in [0.15, 0.2) is 35.4 Å². The summed E-state index contributed by atoms with van der Waals surface area (Å²) in [5.41, 5.74) is 0. The van der Waals surface area contributed by atoms with Gasteiger partial charge in [-0.15, -0.1) is 0 Å². The van der Waals surface area contributed by atoms with E-state index in [-0.39, 0.29) is 5.28 Å². The van der Waals surface area contributed by atoms with E-state index in [0.29, 0.717) is 14.4 Å². The Labute approximate surface area is 140 Å². The second-order valence-corrected chi connectivity index (χ2v) is 10.1. The molecule has 1 aromatic heterocycles. The van der Waals surface area contributed by atoms with Crippen LogP contribution in [0.5, 0.6) is 0 Å². The molecule has 0 saturated heterocycles. The Morgan fingerprint density at radius 2 is 1.86 bits per heavy atom. The van der Waals surface area contributed by atoms with Crippen molar-refractivity contribution in [2.75, 3.05) is 0 Å². The van der Waals surface area contributed by atoms with Gasteiger partial charge in [-0.3, -0.25) is 0 Å². The van der Waals surface area contributed by atoms with Gasteiger partial charge in [0.2, 0.25) is 0 Å². The number of aromatic nitrogens is 2. The maximum absolute atomic E-state index is 12.4. The predicted molar refractivity (Wildman–Crippen MR) is 85.8 cm³/mol. The van der Waals surface area contributed by atoms with E-state index in [1.54, 1.807) is 38.1 Å². The van der Waals surface area contributed by atoms with E-state index >= 15 is 0 Å². The molecule has 21 heavy (non-hydrogen) atoms. The van der Waals surface area contributed by atoms with Crippen LogP contribution in [0.2, 0.25) is 10.3 Å². The van der Waals surface area contributed by atoms with Gasteiger partial charge in [-0.2, -0.15) is 0 Å². The zero-order valence-corrected chi connectivity index (χ0v) is 15.5. The number of rotatable bonds is 4. The zero-order valence-electron chi connectivity index (χ0n) is 11.3. The van der Waals surface area contributed by atoms with E-state index in [9.17, 15) is 8.42 Å². The third-order valence-electron chi connectivity index (χ3n) is 2.71. The van der Waals surface area contributed by atoms with Gasteiger partial charge in [0.05, 0.1) is 0 Å². The summed E-state index contributed by atoms with van der Waals surface area (Å²) in [6, 6.07) is 6.94. The van der Waals surface area contributed by atoms with Crippen LogP contribution in [0.1, 0.15) is 13.8 Å². The second kappa shape index (κ2) is 6.65. The van der Waals surface area contributed by atoms with E-state index in [1.165, 1.54) is 6.20 Å². The van der Waals surface area contributed by atoms with Crippen molar-refractivity contribution in [3.05, 3.63) is 40.8 Å². The molecule has 0 aliphatic rings. The number of benzene rings is 1. The summed E-state index contributed by atoms with van der Waals surface area (Å²) < 4.78 is 26.2. The molecule has 0 N–H and O–H groups in total. The minimum absolute atomic E-state index is 0.105. The number of halogens is 2. The predicted octanol–water partition coefficient (Wildman–Crippen LogP) is 1.62. The first-order valence-corrected chi connectivity index (χ1v) is 10.2. The Morgan fingerprint density at radius 3 is 2.52 bits per heavy atom. The van der Waals surface area contributed by atoms with Crippen LogP contribution < -0.4 is 8.83 Å². The first kappa shape index (κ1) is 16.8. The van der Waals surface area contributed by atoms with Crippen molar-refractivity contribution in [3.63, 3.8) is 0 Å². The van der Waals surface area contributed by atoms with Crippen LogP contribution in [0, 0.1) is 0 Å². The fourth-order valence-electron chi connectivity index (χ4n) is 1.57. The summed E-state index contributed by atoms with van der Waals surface area (Å²) in [4.78, 5) is 8.24. The molecule has 1 heterocycles. The molecule has 0 amide bonds. The first-order valence-electron chi connectivity index (χ1n) is 6.05. The molecule has 0 unspecified atom stereocenters. The van der Waals surface area contributed by atoms with Crippen molar-refractivity contribution in [1.29, 1.82) is 0 Å². The Kier molecular flexibility index (Phi) is 5.31. The molecule has 4 nitrogen and oxygen atoms in total. The Balaban J connectivity index is 2.49. The van der Waals surface area contributed by atoms with Crippen LogP contribution in [0.3, 0.4) is 0 Å². The topological polar surface area (TPSA) is 59.9 Å². The number of nitrogens with zero attached hydrogens (tertiary/aromatic N) is 2. The van der Waals surface area contributed by atoms with Gasteiger partial charge in [-0.05, 0) is 0 Å². The Morgan fingerprint density at radius 1 is 1.19 bits per heavy atom. The zero-order chi connectivity index (χ0) is 15.6. The molecule has 0 saturated carbocycles. The maximum atomic E-state index is 12.4. The van der Waals surface area contributed by atoms with E-state index in [4.69, 9.17) is 23.2 Å². The van der Waals surface area contributed by atoms with Gasteiger partial charge >= 0.3 is 141 Å². The van der Waals surface area contributed by atoms with E-state index in [2.05, 4.69) is 9.97 Å². The number of hydrogen-bond donors (Lipinski definition) is 0. The Hall–Kier alpha value is -0.612. The van der Waals surface area contributed by atoms with Gasteiger partial charge in [-0.1, -0.05) is 0 Å². The van der Waals surface area contributed by atoms with Crippen molar-refractivity contribution in [2.24, 2.45) is 0 Å². The molecule has 0 atom stereocenters. The molecular formula is C13H12AsCl2N2O2S. The second-order valence-electron chi connectivity index (χ2n) is 4.48. The molecule has 0 bridgehead atoms. The average molecular weight is 406 g/mol. The third-order valence-corrected chi connectivity index (χ3v) is 8.48. The van der Waals surface area contributed by atoms with Gasteiger partial charge < -0.3 is 0 Å². The van der Waals surface area contributed by atoms with Crippen LogP contribution in [-0.2, 0) is 9.84 Å². The molecule has 0 fully saturated rings. The third kappa shape index (κ3) is 3.78. The Bertz CT molecular complexity index is 767. The molecular weight excluding hydrogens is 394 g/mol. The molecule has 0 aliphatic heterocycles. The normalized spacial score (nSPS) is 12.4. The molecule has 8 heteroatoms. The summed E-state index contributed by atoms with van der Waals surface area (Å²) in [5.74, 6) is 0. The van der Waals surface area contributed by atoms with Gasteiger partial charge in [-0.25, -0.2) is 0 Å². The van der Waals surface area contributed by atoms with Crippen LogP contribution in [-0.4, -0.2) is 39.4 Å². The van der Waals surface area contributed by atoms with Crippen LogP contribution >= 0.6 is 23.2 Å². The quantitative estimate of drug-likeness (QED) is 0.572. The molecule has 2 aromatic rings. The monoisotopic (exact) mass is 405 g/mol. The van der Waals surface area contributed by atoms with Gasteiger partial charge in [0.15, 0.2) is 0 Å². The number of sulfone groups is 1. The molecule has 111 valence electrons. The van der Waals surface area contributed by atoms with Crippen molar-refractivity contribution in [3.8, 4) is 0 Å². The molecule has 1 radical (unpaired) electrons. The molecule has 0 aliphatic carbocycles. The van der Waals surface area contributed by atoms with Crippen molar-refractivity contribution in [1.82, 2.24) is 9.97 Å². The fourth-order valence-corrected chi connectivity index (χ4v) is 6.17. The van der Waals surface area contributed by atoms with Gasteiger partial charge in [0, 0.05) is 0 Å². The molecule has 1 aromatic carbocycles. The standard InChI is InChI=1S/C13H12AsCl2N2O2S/c1-8(2)21(19,20)11-6-4-3-5-9(11)14-12-10(15)7-17-13(16)18-12/h3-8H,1-2H3. The molecule has 0 spiro atoms. The summed E-state index contributed by atoms with van der Waals surface area (Å²) >= 11 is 11.1. The summed E-state index contributed by atoms with van der Waals surface area (Å²) in [5, 5.41) is 0.0226.